The Kier molecular flexibility index (Phi) is 6.03. The van der Waals surface area contributed by atoms with Gasteiger partial charge in [-0.15, -0.1) is 0 Å². The third kappa shape index (κ3) is 4.04. The summed E-state index contributed by atoms with van der Waals surface area (Å²) in [5.41, 5.74) is 3.06. The largest absolute Gasteiger partial charge is 0.493 e. The van der Waals surface area contributed by atoms with Gasteiger partial charge in [-0.1, -0.05) is 6.07 Å². The molecule has 1 aliphatic rings. The van der Waals surface area contributed by atoms with Gasteiger partial charge in [0.25, 0.3) is 0 Å². The van der Waals surface area contributed by atoms with Crippen LogP contribution in [0.5, 0.6) is 17.2 Å². The predicted octanol–water partition coefficient (Wildman–Crippen LogP) is 4.34. The van der Waals surface area contributed by atoms with Crippen molar-refractivity contribution in [1.82, 2.24) is 0 Å². The van der Waals surface area contributed by atoms with Crippen molar-refractivity contribution in [3.63, 3.8) is 0 Å². The molecule has 6 nitrogen and oxygen atoms in total. The summed E-state index contributed by atoms with van der Waals surface area (Å²) in [7, 11) is 7.15. The standard InChI is InChI=1S/C21H24BrNO5/c1-12(24)27-20-11-16(13-8-17(22)21(26-5)19(9-13)25-4)15-7-6-14(23(2)3)10-18(15)28-20/h6-10,16,20H,11H2,1-5H3. The van der Waals surface area contributed by atoms with Gasteiger partial charge in [0.2, 0.25) is 6.29 Å². The molecule has 28 heavy (non-hydrogen) atoms. The van der Waals surface area contributed by atoms with E-state index in [9.17, 15) is 4.79 Å². The molecular weight excluding hydrogens is 426 g/mol. The van der Waals surface area contributed by atoms with E-state index < -0.39 is 6.29 Å². The third-order valence-corrected chi connectivity index (χ3v) is 5.32. The smallest absolute Gasteiger partial charge is 0.305 e. The van der Waals surface area contributed by atoms with Gasteiger partial charge in [0.05, 0.1) is 18.7 Å². The van der Waals surface area contributed by atoms with Crippen LogP contribution in [0.4, 0.5) is 5.69 Å². The lowest BCUT2D eigenvalue weighted by Gasteiger charge is -2.33. The second kappa shape index (κ2) is 8.31. The van der Waals surface area contributed by atoms with E-state index in [1.54, 1.807) is 14.2 Å². The molecule has 2 unspecified atom stereocenters. The Balaban J connectivity index is 2.09. The van der Waals surface area contributed by atoms with Crippen LogP contribution in [0.1, 0.15) is 30.4 Å². The van der Waals surface area contributed by atoms with Crippen LogP contribution in [0, 0.1) is 0 Å². The van der Waals surface area contributed by atoms with Crippen molar-refractivity contribution < 1.29 is 23.7 Å². The number of hydrogen-bond donors (Lipinski definition) is 0. The summed E-state index contributed by atoms with van der Waals surface area (Å²) in [5.74, 6) is 1.58. The second-order valence-electron chi connectivity index (χ2n) is 6.80. The maximum absolute atomic E-state index is 11.5. The fourth-order valence-corrected chi connectivity index (χ4v) is 4.03. The van der Waals surface area contributed by atoms with E-state index in [-0.39, 0.29) is 11.9 Å². The summed E-state index contributed by atoms with van der Waals surface area (Å²) >= 11 is 3.56. The highest BCUT2D eigenvalue weighted by molar-refractivity contribution is 9.10. The van der Waals surface area contributed by atoms with Gasteiger partial charge in [-0.25, -0.2) is 0 Å². The number of nitrogens with zero attached hydrogens (tertiary/aromatic N) is 1. The van der Waals surface area contributed by atoms with E-state index in [1.165, 1.54) is 6.92 Å². The first-order valence-corrected chi connectivity index (χ1v) is 9.70. The molecule has 0 saturated carbocycles. The van der Waals surface area contributed by atoms with E-state index in [4.69, 9.17) is 18.9 Å². The minimum Gasteiger partial charge on any atom is -0.493 e. The molecule has 0 aliphatic carbocycles. The number of anilines is 1. The molecular formula is C21H24BrNO5. The first kappa shape index (κ1) is 20.3. The normalized spacial score (nSPS) is 17.9. The molecule has 0 fully saturated rings. The summed E-state index contributed by atoms with van der Waals surface area (Å²) in [6.45, 7) is 1.39. The monoisotopic (exact) mass is 449 g/mol. The molecule has 1 aliphatic heterocycles. The topological polar surface area (TPSA) is 57.2 Å². The predicted molar refractivity (Wildman–Crippen MR) is 111 cm³/mol. The molecule has 2 aromatic carbocycles. The Morgan fingerprint density at radius 3 is 2.54 bits per heavy atom. The molecule has 150 valence electrons. The molecule has 0 N–H and O–H groups in total. The Labute approximate surface area is 173 Å². The molecule has 2 aromatic rings. The van der Waals surface area contributed by atoms with Gasteiger partial charge in [0, 0.05) is 50.7 Å². The van der Waals surface area contributed by atoms with Crippen molar-refractivity contribution in [2.75, 3.05) is 33.2 Å². The molecule has 0 bridgehead atoms. The molecule has 2 atom stereocenters. The third-order valence-electron chi connectivity index (χ3n) is 4.73. The number of carbonyl (C=O) groups is 1. The lowest BCUT2D eigenvalue weighted by Crippen LogP contribution is -2.30. The van der Waals surface area contributed by atoms with Crippen LogP contribution in [0.2, 0.25) is 0 Å². The minimum absolute atomic E-state index is 0.0274. The van der Waals surface area contributed by atoms with Crippen LogP contribution in [0.3, 0.4) is 0 Å². The van der Waals surface area contributed by atoms with Gasteiger partial charge in [0.1, 0.15) is 5.75 Å². The average Bonchev–Trinajstić information content (AvgIpc) is 2.65. The number of halogens is 1. The SMILES string of the molecule is COc1cc(C2CC(OC(C)=O)Oc3cc(N(C)C)ccc32)cc(Br)c1OC. The number of esters is 1. The van der Waals surface area contributed by atoms with Crippen molar-refractivity contribution in [3.8, 4) is 17.2 Å². The van der Waals surface area contributed by atoms with E-state index >= 15 is 0 Å². The quantitative estimate of drug-likeness (QED) is 0.632. The summed E-state index contributed by atoms with van der Waals surface area (Å²) in [6, 6.07) is 10.0. The Morgan fingerprint density at radius 2 is 1.93 bits per heavy atom. The second-order valence-corrected chi connectivity index (χ2v) is 7.65. The van der Waals surface area contributed by atoms with Crippen molar-refractivity contribution in [2.45, 2.75) is 25.6 Å². The van der Waals surface area contributed by atoms with Crippen LogP contribution in [-0.4, -0.2) is 40.6 Å². The van der Waals surface area contributed by atoms with Crippen molar-refractivity contribution in [1.29, 1.82) is 0 Å². The molecule has 7 heteroatoms. The summed E-state index contributed by atoms with van der Waals surface area (Å²) in [6.07, 6.45) is -0.144. The Bertz CT molecular complexity index is 883. The highest BCUT2D eigenvalue weighted by Gasteiger charge is 2.32. The zero-order valence-corrected chi connectivity index (χ0v) is 18.2. The zero-order chi connectivity index (χ0) is 20.4. The highest BCUT2D eigenvalue weighted by Crippen LogP contribution is 2.46. The lowest BCUT2D eigenvalue weighted by molar-refractivity contribution is -0.163. The Morgan fingerprint density at radius 1 is 1.18 bits per heavy atom. The van der Waals surface area contributed by atoms with Crippen LogP contribution in [0.25, 0.3) is 0 Å². The summed E-state index contributed by atoms with van der Waals surface area (Å²) in [4.78, 5) is 13.5. The van der Waals surface area contributed by atoms with Crippen LogP contribution in [-0.2, 0) is 9.53 Å². The molecule has 0 spiro atoms. The van der Waals surface area contributed by atoms with Gasteiger partial charge in [0.15, 0.2) is 11.5 Å². The highest BCUT2D eigenvalue weighted by atomic mass is 79.9. The van der Waals surface area contributed by atoms with Crippen molar-refractivity contribution in [2.24, 2.45) is 0 Å². The van der Waals surface area contributed by atoms with Crippen LogP contribution < -0.4 is 19.1 Å². The maximum atomic E-state index is 11.5. The van der Waals surface area contributed by atoms with E-state index in [2.05, 4.69) is 28.1 Å². The number of carbonyl (C=O) groups excluding carboxylic acids is 1. The first-order valence-electron chi connectivity index (χ1n) is 8.90. The molecule has 0 amide bonds. The number of fused-ring (bicyclic) bond motifs is 1. The van der Waals surface area contributed by atoms with Gasteiger partial charge in [-0.2, -0.15) is 0 Å². The number of ether oxygens (including phenoxy) is 4. The number of hydrogen-bond acceptors (Lipinski definition) is 6. The van der Waals surface area contributed by atoms with E-state index in [0.717, 1.165) is 21.3 Å². The van der Waals surface area contributed by atoms with E-state index in [1.807, 2.05) is 37.2 Å². The number of methoxy groups -OCH3 is 2. The maximum Gasteiger partial charge on any atom is 0.305 e. The zero-order valence-electron chi connectivity index (χ0n) is 16.6. The molecule has 0 saturated heterocycles. The van der Waals surface area contributed by atoms with Gasteiger partial charge >= 0.3 is 5.97 Å². The molecule has 0 aromatic heterocycles. The summed E-state index contributed by atoms with van der Waals surface area (Å²) in [5, 5.41) is 0. The molecule has 3 rings (SSSR count). The van der Waals surface area contributed by atoms with Gasteiger partial charge in [-0.3, -0.25) is 4.79 Å². The van der Waals surface area contributed by atoms with Crippen molar-refractivity contribution in [3.05, 3.63) is 45.9 Å². The van der Waals surface area contributed by atoms with Gasteiger partial charge < -0.3 is 23.8 Å². The Hall–Kier alpha value is -2.41. The fourth-order valence-electron chi connectivity index (χ4n) is 3.41. The number of benzene rings is 2. The molecule has 0 radical (unpaired) electrons. The van der Waals surface area contributed by atoms with E-state index in [0.29, 0.717) is 23.7 Å². The lowest BCUT2D eigenvalue weighted by atomic mass is 9.85. The van der Waals surface area contributed by atoms with Crippen LogP contribution in [0.15, 0.2) is 34.8 Å². The van der Waals surface area contributed by atoms with Crippen LogP contribution >= 0.6 is 15.9 Å². The average molecular weight is 450 g/mol. The fraction of sp³-hybridized carbons (Fsp3) is 0.381. The first-order chi connectivity index (χ1) is 13.3. The summed E-state index contributed by atoms with van der Waals surface area (Å²) < 4.78 is 23.1. The number of rotatable bonds is 5. The minimum atomic E-state index is -0.653. The van der Waals surface area contributed by atoms with Gasteiger partial charge in [-0.05, 0) is 39.7 Å². The molecule has 1 heterocycles. The van der Waals surface area contributed by atoms with Crippen molar-refractivity contribution >= 4 is 27.6 Å².